The fourth-order valence-corrected chi connectivity index (χ4v) is 2.39. The monoisotopic (exact) mass is 313 g/mol. The molecule has 6 nitrogen and oxygen atoms in total. The molecule has 1 aromatic heterocycles. The molecule has 0 aliphatic rings. The molecule has 0 unspecified atom stereocenters. The van der Waals surface area contributed by atoms with Gasteiger partial charge in [-0.1, -0.05) is 44.4 Å². The van der Waals surface area contributed by atoms with E-state index in [0.717, 1.165) is 25.7 Å². The zero-order chi connectivity index (χ0) is 16.7. The topological polar surface area (TPSA) is 85.0 Å². The van der Waals surface area contributed by atoms with Crippen molar-refractivity contribution < 1.29 is 9.53 Å². The molecule has 0 aliphatic heterocycles. The SMILES string of the molecule is CCCCCCn1nc(C(=O)OCC#N)c2ccccc2c1=O. The fraction of sp³-hybridized carbons (Fsp3) is 0.412. The summed E-state index contributed by atoms with van der Waals surface area (Å²) in [5.41, 5.74) is -0.139. The quantitative estimate of drug-likeness (QED) is 0.579. The normalized spacial score (nSPS) is 10.4. The largest absolute Gasteiger partial charge is 0.445 e. The summed E-state index contributed by atoms with van der Waals surface area (Å²) in [6.45, 7) is 2.23. The van der Waals surface area contributed by atoms with E-state index in [4.69, 9.17) is 10.00 Å². The van der Waals surface area contributed by atoms with Gasteiger partial charge in [0.25, 0.3) is 5.56 Å². The van der Waals surface area contributed by atoms with Crippen LogP contribution in [0.5, 0.6) is 0 Å². The second kappa shape index (κ2) is 8.08. The van der Waals surface area contributed by atoms with Gasteiger partial charge >= 0.3 is 5.97 Å². The molecule has 0 saturated heterocycles. The molecule has 120 valence electrons. The third-order valence-electron chi connectivity index (χ3n) is 3.55. The maximum atomic E-state index is 12.5. The van der Waals surface area contributed by atoms with E-state index in [0.29, 0.717) is 17.3 Å². The number of hydrogen-bond acceptors (Lipinski definition) is 5. The second-order valence-electron chi connectivity index (χ2n) is 5.22. The van der Waals surface area contributed by atoms with Gasteiger partial charge in [-0.25, -0.2) is 9.48 Å². The number of benzene rings is 1. The van der Waals surface area contributed by atoms with E-state index in [1.165, 1.54) is 4.68 Å². The lowest BCUT2D eigenvalue weighted by Gasteiger charge is -2.10. The molecule has 2 aromatic rings. The molecular formula is C17H19N3O3. The van der Waals surface area contributed by atoms with Gasteiger partial charge in [-0.2, -0.15) is 10.4 Å². The number of nitriles is 1. The summed E-state index contributed by atoms with van der Waals surface area (Å²) in [6, 6.07) is 8.56. The summed E-state index contributed by atoms with van der Waals surface area (Å²) in [7, 11) is 0. The number of aromatic nitrogens is 2. The molecule has 2 rings (SSSR count). The number of nitrogens with zero attached hydrogens (tertiary/aromatic N) is 3. The molecule has 0 spiro atoms. The molecule has 0 N–H and O–H groups in total. The minimum atomic E-state index is -0.690. The summed E-state index contributed by atoms with van der Waals surface area (Å²) >= 11 is 0. The molecule has 0 atom stereocenters. The van der Waals surface area contributed by atoms with E-state index in [-0.39, 0.29) is 17.9 Å². The molecule has 6 heteroatoms. The second-order valence-corrected chi connectivity index (χ2v) is 5.22. The first kappa shape index (κ1) is 16.7. The van der Waals surface area contributed by atoms with Crippen LogP contribution < -0.4 is 5.56 Å². The predicted molar refractivity (Wildman–Crippen MR) is 86.0 cm³/mol. The number of fused-ring (bicyclic) bond motifs is 1. The zero-order valence-corrected chi connectivity index (χ0v) is 13.1. The lowest BCUT2D eigenvalue weighted by Crippen LogP contribution is -2.26. The van der Waals surface area contributed by atoms with Crippen molar-refractivity contribution in [3.63, 3.8) is 0 Å². The highest BCUT2D eigenvalue weighted by atomic mass is 16.5. The van der Waals surface area contributed by atoms with Gasteiger partial charge in [-0.3, -0.25) is 4.79 Å². The summed E-state index contributed by atoms with van der Waals surface area (Å²) in [4.78, 5) is 24.6. The number of unbranched alkanes of at least 4 members (excludes halogenated alkanes) is 3. The van der Waals surface area contributed by atoms with Crippen molar-refractivity contribution in [2.75, 3.05) is 6.61 Å². The minimum absolute atomic E-state index is 0.0749. The Labute approximate surface area is 134 Å². The van der Waals surface area contributed by atoms with Crippen molar-refractivity contribution in [2.24, 2.45) is 0 Å². The van der Waals surface area contributed by atoms with Crippen LogP contribution in [0.15, 0.2) is 29.1 Å². The molecule has 1 aromatic carbocycles. The minimum Gasteiger partial charge on any atom is -0.445 e. The van der Waals surface area contributed by atoms with Crippen LogP contribution in [0.4, 0.5) is 0 Å². The van der Waals surface area contributed by atoms with Gasteiger partial charge in [0.1, 0.15) is 6.07 Å². The average Bonchev–Trinajstić information content (AvgIpc) is 2.58. The zero-order valence-electron chi connectivity index (χ0n) is 13.1. The van der Waals surface area contributed by atoms with Gasteiger partial charge in [0.15, 0.2) is 12.3 Å². The van der Waals surface area contributed by atoms with E-state index in [9.17, 15) is 9.59 Å². The highest BCUT2D eigenvalue weighted by molar-refractivity contribution is 6.02. The van der Waals surface area contributed by atoms with Gasteiger partial charge in [0.2, 0.25) is 0 Å². The maximum Gasteiger partial charge on any atom is 0.360 e. The van der Waals surface area contributed by atoms with Crippen LogP contribution in [-0.4, -0.2) is 22.4 Å². The molecule has 0 amide bonds. The van der Waals surface area contributed by atoms with Crippen molar-refractivity contribution in [3.05, 3.63) is 40.3 Å². The lowest BCUT2D eigenvalue weighted by atomic mass is 10.1. The first-order chi connectivity index (χ1) is 11.2. The summed E-state index contributed by atoms with van der Waals surface area (Å²) < 4.78 is 6.17. The van der Waals surface area contributed by atoms with Gasteiger partial charge in [0.05, 0.1) is 5.39 Å². The fourth-order valence-electron chi connectivity index (χ4n) is 2.39. The molecule has 0 bridgehead atoms. The predicted octanol–water partition coefficient (Wildman–Crippen LogP) is 2.66. The molecule has 0 fully saturated rings. The standard InChI is InChI=1S/C17H19N3O3/c1-2-3-4-7-11-20-16(21)14-9-6-5-8-13(14)15(19-20)17(22)23-12-10-18/h5-6,8-9H,2-4,7,11-12H2,1H3. The van der Waals surface area contributed by atoms with E-state index < -0.39 is 5.97 Å². The first-order valence-corrected chi connectivity index (χ1v) is 7.73. The van der Waals surface area contributed by atoms with Crippen LogP contribution in [0.3, 0.4) is 0 Å². The molecule has 0 aliphatic carbocycles. The third-order valence-corrected chi connectivity index (χ3v) is 3.55. The number of aryl methyl sites for hydroxylation is 1. The van der Waals surface area contributed by atoms with Crippen molar-refractivity contribution in [3.8, 4) is 6.07 Å². The Balaban J connectivity index is 2.40. The van der Waals surface area contributed by atoms with Crippen LogP contribution >= 0.6 is 0 Å². The molecule has 0 saturated carbocycles. The Kier molecular flexibility index (Phi) is 5.87. The van der Waals surface area contributed by atoms with E-state index in [1.807, 2.05) is 0 Å². The number of hydrogen-bond donors (Lipinski definition) is 0. The van der Waals surface area contributed by atoms with Crippen molar-refractivity contribution in [2.45, 2.75) is 39.2 Å². The molecule has 0 radical (unpaired) electrons. The van der Waals surface area contributed by atoms with Crippen molar-refractivity contribution >= 4 is 16.7 Å². The Bertz CT molecular complexity index is 790. The average molecular weight is 313 g/mol. The summed E-state index contributed by atoms with van der Waals surface area (Å²) in [5.74, 6) is -0.690. The van der Waals surface area contributed by atoms with Gasteiger partial charge in [-0.15, -0.1) is 0 Å². The lowest BCUT2D eigenvalue weighted by molar-refractivity contribution is 0.0547. The first-order valence-electron chi connectivity index (χ1n) is 7.73. The number of esters is 1. The Morgan fingerprint density at radius 1 is 1.26 bits per heavy atom. The number of rotatable bonds is 7. The van der Waals surface area contributed by atoms with Crippen molar-refractivity contribution in [1.29, 1.82) is 5.26 Å². The third kappa shape index (κ3) is 3.95. The number of carbonyl (C=O) groups is 1. The van der Waals surface area contributed by atoms with Crippen LogP contribution in [-0.2, 0) is 11.3 Å². The highest BCUT2D eigenvalue weighted by Crippen LogP contribution is 2.14. The van der Waals surface area contributed by atoms with E-state index in [1.54, 1.807) is 30.3 Å². The molecular weight excluding hydrogens is 294 g/mol. The molecule has 23 heavy (non-hydrogen) atoms. The Morgan fingerprint density at radius 2 is 2.00 bits per heavy atom. The smallest absolute Gasteiger partial charge is 0.360 e. The van der Waals surface area contributed by atoms with Gasteiger partial charge in [0, 0.05) is 11.9 Å². The maximum absolute atomic E-state index is 12.5. The molecule has 1 heterocycles. The summed E-state index contributed by atoms with van der Waals surface area (Å²) in [6.07, 6.45) is 4.03. The Hall–Kier alpha value is -2.68. The van der Waals surface area contributed by atoms with E-state index in [2.05, 4.69) is 12.0 Å². The summed E-state index contributed by atoms with van der Waals surface area (Å²) in [5, 5.41) is 13.6. The number of carbonyl (C=O) groups excluding carboxylic acids is 1. The van der Waals surface area contributed by atoms with Crippen LogP contribution in [0.1, 0.15) is 43.1 Å². The van der Waals surface area contributed by atoms with Gasteiger partial charge < -0.3 is 4.74 Å². The van der Waals surface area contributed by atoms with Gasteiger partial charge in [-0.05, 0) is 12.5 Å². The van der Waals surface area contributed by atoms with Crippen LogP contribution in [0.2, 0.25) is 0 Å². The van der Waals surface area contributed by atoms with Crippen LogP contribution in [0.25, 0.3) is 10.8 Å². The Morgan fingerprint density at radius 3 is 2.70 bits per heavy atom. The highest BCUT2D eigenvalue weighted by Gasteiger charge is 2.17. The van der Waals surface area contributed by atoms with E-state index >= 15 is 0 Å². The van der Waals surface area contributed by atoms with Crippen LogP contribution in [0, 0.1) is 11.3 Å². The van der Waals surface area contributed by atoms with Crippen molar-refractivity contribution in [1.82, 2.24) is 9.78 Å². The number of ether oxygens (including phenoxy) is 1.